The molecule has 0 aromatic heterocycles. The molecule has 0 spiro atoms. The lowest BCUT2D eigenvalue weighted by molar-refractivity contribution is -0.137. The van der Waals surface area contributed by atoms with Crippen molar-refractivity contribution in [1.29, 1.82) is 0 Å². The summed E-state index contributed by atoms with van der Waals surface area (Å²) in [7, 11) is 0. The maximum atomic E-state index is 13.5. The molecule has 2 aliphatic rings. The molecule has 10 nitrogen and oxygen atoms in total. The van der Waals surface area contributed by atoms with Crippen LogP contribution in [0, 0.1) is 5.92 Å². The Morgan fingerprint density at radius 3 is 2.62 bits per heavy atom. The Hall–Kier alpha value is -4.60. The van der Waals surface area contributed by atoms with Crippen molar-refractivity contribution in [2.75, 3.05) is 19.9 Å². The first-order chi connectivity index (χ1) is 19.4. The SMILES string of the molecule is CCOC(=O)/C=C/[C@H](C[C@@H]1CCNC1=O)NC(=O)[C@H](Cc1ccccc1)NC(=O)/C=C/c1ccc2c(c1)OCO2. The van der Waals surface area contributed by atoms with Crippen LogP contribution in [0.4, 0.5) is 0 Å². The van der Waals surface area contributed by atoms with Crippen LogP contribution in [-0.2, 0) is 30.3 Å². The van der Waals surface area contributed by atoms with Gasteiger partial charge in [0.15, 0.2) is 11.5 Å². The monoisotopic (exact) mass is 547 g/mol. The zero-order valence-electron chi connectivity index (χ0n) is 22.3. The summed E-state index contributed by atoms with van der Waals surface area (Å²) in [6, 6.07) is 13.1. The van der Waals surface area contributed by atoms with E-state index in [0.717, 1.165) is 11.1 Å². The highest BCUT2D eigenvalue weighted by atomic mass is 16.7. The smallest absolute Gasteiger partial charge is 0.330 e. The Balaban J connectivity index is 1.47. The highest BCUT2D eigenvalue weighted by Gasteiger charge is 2.29. The van der Waals surface area contributed by atoms with E-state index in [-0.39, 0.29) is 31.6 Å². The van der Waals surface area contributed by atoms with E-state index in [1.807, 2.05) is 30.3 Å². The van der Waals surface area contributed by atoms with Gasteiger partial charge in [-0.3, -0.25) is 14.4 Å². The minimum atomic E-state index is -0.910. The molecule has 2 heterocycles. The molecule has 1 saturated heterocycles. The summed E-state index contributed by atoms with van der Waals surface area (Å²) in [5.74, 6) is -0.589. The summed E-state index contributed by atoms with van der Waals surface area (Å²) >= 11 is 0. The maximum absolute atomic E-state index is 13.5. The van der Waals surface area contributed by atoms with E-state index in [4.69, 9.17) is 14.2 Å². The van der Waals surface area contributed by atoms with Gasteiger partial charge in [0.25, 0.3) is 0 Å². The van der Waals surface area contributed by atoms with Gasteiger partial charge in [0.05, 0.1) is 6.61 Å². The number of benzene rings is 2. The Labute approximate surface area is 232 Å². The number of hydrogen-bond donors (Lipinski definition) is 3. The van der Waals surface area contributed by atoms with Crippen LogP contribution in [0.3, 0.4) is 0 Å². The number of fused-ring (bicyclic) bond motifs is 1. The molecule has 3 atom stereocenters. The molecular formula is C30H33N3O7. The molecule has 10 heteroatoms. The zero-order chi connectivity index (χ0) is 28.3. The van der Waals surface area contributed by atoms with Gasteiger partial charge < -0.3 is 30.2 Å². The molecule has 3 N–H and O–H groups in total. The Morgan fingerprint density at radius 2 is 1.88 bits per heavy atom. The zero-order valence-corrected chi connectivity index (χ0v) is 22.3. The largest absolute Gasteiger partial charge is 0.463 e. The minimum absolute atomic E-state index is 0.0911. The van der Waals surface area contributed by atoms with Gasteiger partial charge in [0, 0.05) is 37.1 Å². The lowest BCUT2D eigenvalue weighted by Crippen LogP contribution is -2.50. The fourth-order valence-corrected chi connectivity index (χ4v) is 4.50. The second-order valence-electron chi connectivity index (χ2n) is 9.44. The lowest BCUT2D eigenvalue weighted by Gasteiger charge is -2.23. The number of hydrogen-bond acceptors (Lipinski definition) is 7. The van der Waals surface area contributed by atoms with E-state index < -0.39 is 29.9 Å². The van der Waals surface area contributed by atoms with Gasteiger partial charge in [0.2, 0.25) is 24.5 Å². The topological polar surface area (TPSA) is 132 Å². The summed E-state index contributed by atoms with van der Waals surface area (Å²) < 4.78 is 15.7. The van der Waals surface area contributed by atoms with Gasteiger partial charge in [-0.25, -0.2) is 4.79 Å². The van der Waals surface area contributed by atoms with Crippen molar-refractivity contribution in [2.24, 2.45) is 5.92 Å². The number of carbonyl (C=O) groups is 4. The van der Waals surface area contributed by atoms with Gasteiger partial charge in [-0.1, -0.05) is 42.5 Å². The highest BCUT2D eigenvalue weighted by molar-refractivity contribution is 5.96. The van der Waals surface area contributed by atoms with Crippen LogP contribution in [0.25, 0.3) is 6.08 Å². The third kappa shape index (κ3) is 8.20. The van der Waals surface area contributed by atoms with Crippen molar-refractivity contribution in [3.05, 3.63) is 77.9 Å². The summed E-state index contributed by atoms with van der Waals surface area (Å²) in [6.45, 7) is 2.64. The minimum Gasteiger partial charge on any atom is -0.463 e. The van der Waals surface area contributed by atoms with E-state index in [1.165, 1.54) is 18.2 Å². The molecule has 0 bridgehead atoms. The quantitative estimate of drug-likeness (QED) is 0.274. The van der Waals surface area contributed by atoms with Crippen molar-refractivity contribution in [3.63, 3.8) is 0 Å². The van der Waals surface area contributed by atoms with Gasteiger partial charge in [-0.15, -0.1) is 0 Å². The molecule has 210 valence electrons. The first kappa shape index (κ1) is 28.4. The van der Waals surface area contributed by atoms with Crippen LogP contribution in [0.15, 0.2) is 66.8 Å². The molecule has 0 unspecified atom stereocenters. The highest BCUT2D eigenvalue weighted by Crippen LogP contribution is 2.32. The fraction of sp³-hybridized carbons (Fsp3) is 0.333. The van der Waals surface area contributed by atoms with E-state index in [9.17, 15) is 19.2 Å². The van der Waals surface area contributed by atoms with Crippen molar-refractivity contribution in [2.45, 2.75) is 38.3 Å². The van der Waals surface area contributed by atoms with Crippen molar-refractivity contribution < 1.29 is 33.4 Å². The standard InChI is InChI=1S/C30H33N3O7/c1-2-38-28(35)13-10-23(18-22-14-15-31-29(22)36)32-30(37)24(16-20-6-4-3-5-7-20)33-27(34)12-9-21-8-11-25-26(17-21)40-19-39-25/h3-13,17,22-24H,2,14-16,18-19H2,1H3,(H,31,36)(H,32,37)(H,33,34)/b12-9+,13-10+/t22-,23+,24-/m0/s1. The van der Waals surface area contributed by atoms with E-state index in [0.29, 0.717) is 30.9 Å². The number of ether oxygens (including phenoxy) is 3. The first-order valence-electron chi connectivity index (χ1n) is 13.3. The van der Waals surface area contributed by atoms with Crippen LogP contribution in [0.5, 0.6) is 11.5 Å². The number of rotatable bonds is 12. The van der Waals surface area contributed by atoms with Gasteiger partial charge >= 0.3 is 5.97 Å². The number of carbonyl (C=O) groups excluding carboxylic acids is 4. The Bertz CT molecular complexity index is 1280. The van der Waals surface area contributed by atoms with Gasteiger partial charge in [-0.2, -0.15) is 0 Å². The van der Waals surface area contributed by atoms with Gasteiger partial charge in [0.1, 0.15) is 6.04 Å². The summed E-state index contributed by atoms with van der Waals surface area (Å²) in [5, 5.41) is 8.49. The predicted molar refractivity (Wildman–Crippen MR) is 147 cm³/mol. The predicted octanol–water partition coefficient (Wildman–Crippen LogP) is 2.29. The second-order valence-corrected chi connectivity index (χ2v) is 9.44. The molecule has 2 aromatic rings. The fourth-order valence-electron chi connectivity index (χ4n) is 4.50. The molecule has 3 amide bonds. The molecule has 4 rings (SSSR count). The molecule has 2 aliphatic heterocycles. The van der Waals surface area contributed by atoms with E-state index in [1.54, 1.807) is 31.2 Å². The molecular weight excluding hydrogens is 514 g/mol. The molecule has 1 fully saturated rings. The van der Waals surface area contributed by atoms with Crippen LogP contribution >= 0.6 is 0 Å². The summed E-state index contributed by atoms with van der Waals surface area (Å²) in [5.41, 5.74) is 1.60. The van der Waals surface area contributed by atoms with Crippen molar-refractivity contribution in [1.82, 2.24) is 16.0 Å². The third-order valence-corrected chi connectivity index (χ3v) is 6.52. The average Bonchev–Trinajstić information content (AvgIpc) is 3.59. The lowest BCUT2D eigenvalue weighted by atomic mass is 9.97. The third-order valence-electron chi connectivity index (χ3n) is 6.52. The molecule has 0 radical (unpaired) electrons. The summed E-state index contributed by atoms with van der Waals surface area (Å²) in [6.07, 6.45) is 6.94. The molecule has 40 heavy (non-hydrogen) atoms. The molecule has 0 aliphatic carbocycles. The summed E-state index contributed by atoms with van der Waals surface area (Å²) in [4.78, 5) is 50.5. The van der Waals surface area contributed by atoms with Crippen LogP contribution in [-0.4, -0.2) is 55.7 Å². The van der Waals surface area contributed by atoms with E-state index >= 15 is 0 Å². The normalized spacial score (nSPS) is 17.4. The van der Waals surface area contributed by atoms with Crippen LogP contribution in [0.2, 0.25) is 0 Å². The Morgan fingerprint density at radius 1 is 1.07 bits per heavy atom. The molecule has 0 saturated carbocycles. The van der Waals surface area contributed by atoms with Crippen molar-refractivity contribution in [3.8, 4) is 11.5 Å². The van der Waals surface area contributed by atoms with Crippen LogP contribution in [0.1, 0.15) is 30.9 Å². The number of nitrogens with one attached hydrogen (secondary N) is 3. The van der Waals surface area contributed by atoms with E-state index in [2.05, 4.69) is 16.0 Å². The number of amides is 3. The van der Waals surface area contributed by atoms with Gasteiger partial charge in [-0.05, 0) is 49.1 Å². The maximum Gasteiger partial charge on any atom is 0.330 e. The second kappa shape index (κ2) is 14.0. The van der Waals surface area contributed by atoms with Crippen LogP contribution < -0.4 is 25.4 Å². The molecule has 2 aromatic carbocycles. The van der Waals surface area contributed by atoms with Crippen molar-refractivity contribution >= 4 is 29.8 Å². The Kier molecular flexibility index (Phi) is 9.93. The number of esters is 1. The average molecular weight is 548 g/mol. The first-order valence-corrected chi connectivity index (χ1v) is 13.3.